The normalized spacial score (nSPS) is 7.00. The zero-order chi connectivity index (χ0) is 7.28. The van der Waals surface area contributed by atoms with Crippen LogP contribution in [0.1, 0.15) is 0 Å². The molecule has 2 N–H and O–H groups in total. The Morgan fingerprint density at radius 1 is 1.27 bits per heavy atom. The van der Waals surface area contributed by atoms with Gasteiger partial charge in [-0.3, -0.25) is 0 Å². The van der Waals surface area contributed by atoms with E-state index in [9.17, 15) is 9.59 Å². The van der Waals surface area contributed by atoms with Crippen LogP contribution in [-0.2, 0) is 14.3 Å². The van der Waals surface area contributed by atoms with Crippen LogP contribution in [0.15, 0.2) is 0 Å². The standard InChI is InChI=1S/C4H6O5.2Na.2H/c5-1-4(8)9-2-3(6)7;;;;/h5H,1-2H2,(H,6,7);;;;. The van der Waals surface area contributed by atoms with Crippen LogP contribution in [0.3, 0.4) is 0 Å². The van der Waals surface area contributed by atoms with Crippen molar-refractivity contribution in [1.29, 1.82) is 0 Å². The first-order valence-corrected chi connectivity index (χ1v) is 2.15. The predicted molar refractivity (Wildman–Crippen MR) is 40.0 cm³/mol. The van der Waals surface area contributed by atoms with Crippen LogP contribution >= 0.6 is 0 Å². The van der Waals surface area contributed by atoms with Gasteiger partial charge in [-0.1, -0.05) is 0 Å². The van der Waals surface area contributed by atoms with E-state index in [0.29, 0.717) is 0 Å². The first-order valence-electron chi connectivity index (χ1n) is 2.15. The summed E-state index contributed by atoms with van der Waals surface area (Å²) in [7, 11) is 0. The zero-order valence-corrected chi connectivity index (χ0v) is 4.53. The minimum absolute atomic E-state index is 0. The number of rotatable bonds is 3. The van der Waals surface area contributed by atoms with Crippen molar-refractivity contribution < 1.29 is 24.5 Å². The van der Waals surface area contributed by atoms with Crippen molar-refractivity contribution >= 4 is 71.1 Å². The molecule has 0 spiro atoms. The first kappa shape index (κ1) is 17.8. The van der Waals surface area contributed by atoms with Crippen molar-refractivity contribution in [3.8, 4) is 0 Å². The number of hydrogen-bond donors (Lipinski definition) is 2. The molecule has 56 valence electrons. The Labute approximate surface area is 108 Å². The molecule has 5 nitrogen and oxygen atoms in total. The fourth-order valence-corrected chi connectivity index (χ4v) is 0.188. The Hall–Kier alpha value is 0.900. The molecular formula is C4H8Na2O5. The molecule has 11 heavy (non-hydrogen) atoms. The molecule has 0 aliphatic heterocycles. The van der Waals surface area contributed by atoms with Gasteiger partial charge in [0.2, 0.25) is 0 Å². The second-order valence-electron chi connectivity index (χ2n) is 1.21. The molecule has 0 radical (unpaired) electrons. The number of aliphatic carboxylic acids is 1. The molecule has 0 bridgehead atoms. The van der Waals surface area contributed by atoms with Gasteiger partial charge in [0.05, 0.1) is 0 Å². The molecule has 0 saturated carbocycles. The van der Waals surface area contributed by atoms with Gasteiger partial charge < -0.3 is 14.9 Å². The van der Waals surface area contributed by atoms with Crippen LogP contribution < -0.4 is 0 Å². The topological polar surface area (TPSA) is 83.8 Å². The maximum absolute atomic E-state index is 9.98. The minimum atomic E-state index is -1.24. The van der Waals surface area contributed by atoms with E-state index in [-0.39, 0.29) is 59.1 Å². The number of carboxylic acid groups (broad SMARTS) is 1. The maximum atomic E-state index is 9.98. The molecule has 0 fully saturated rings. The molecule has 0 rings (SSSR count). The number of esters is 1. The van der Waals surface area contributed by atoms with Gasteiger partial charge >= 0.3 is 71.1 Å². The quantitative estimate of drug-likeness (QED) is 0.366. The third-order valence-corrected chi connectivity index (χ3v) is 0.486. The van der Waals surface area contributed by atoms with E-state index in [4.69, 9.17) is 10.2 Å². The molecule has 0 unspecified atom stereocenters. The Morgan fingerprint density at radius 3 is 2.00 bits per heavy atom. The van der Waals surface area contributed by atoms with Crippen LogP contribution in [0.2, 0.25) is 0 Å². The summed E-state index contributed by atoms with van der Waals surface area (Å²) in [5.41, 5.74) is 0. The second-order valence-corrected chi connectivity index (χ2v) is 1.21. The average Bonchev–Trinajstić information content (AvgIpc) is 1.83. The molecule has 0 amide bonds. The van der Waals surface area contributed by atoms with E-state index in [1.807, 2.05) is 0 Å². The van der Waals surface area contributed by atoms with Gasteiger partial charge in [0.25, 0.3) is 0 Å². The zero-order valence-electron chi connectivity index (χ0n) is 4.53. The van der Waals surface area contributed by atoms with Crippen LogP contribution in [0.4, 0.5) is 0 Å². The number of hydrogen-bond acceptors (Lipinski definition) is 4. The molecule has 0 aromatic heterocycles. The Kier molecular flexibility index (Phi) is 17.7. The van der Waals surface area contributed by atoms with Gasteiger partial charge in [-0.15, -0.1) is 0 Å². The fourth-order valence-electron chi connectivity index (χ4n) is 0.188. The Bertz CT molecular complexity index is 126. The summed E-state index contributed by atoms with van der Waals surface area (Å²) in [6, 6.07) is 0. The predicted octanol–water partition coefficient (Wildman–Crippen LogP) is -2.69. The Morgan fingerprint density at radius 2 is 1.73 bits per heavy atom. The molecule has 0 atom stereocenters. The molecule has 7 heteroatoms. The van der Waals surface area contributed by atoms with Crippen LogP contribution in [-0.4, -0.2) is 94.5 Å². The van der Waals surface area contributed by atoms with Crippen LogP contribution in [0.5, 0.6) is 0 Å². The van der Waals surface area contributed by atoms with Crippen molar-refractivity contribution in [2.45, 2.75) is 0 Å². The summed E-state index contributed by atoms with van der Waals surface area (Å²) in [5.74, 6) is -2.17. The van der Waals surface area contributed by atoms with Gasteiger partial charge in [-0.25, -0.2) is 9.59 Å². The van der Waals surface area contributed by atoms with E-state index in [1.165, 1.54) is 0 Å². The number of aliphatic hydroxyl groups is 1. The molecule has 0 aliphatic carbocycles. The van der Waals surface area contributed by atoms with Crippen LogP contribution in [0, 0.1) is 0 Å². The summed E-state index contributed by atoms with van der Waals surface area (Å²) in [6.07, 6.45) is 0. The number of ether oxygens (including phenoxy) is 1. The van der Waals surface area contributed by atoms with Crippen molar-refractivity contribution in [3.63, 3.8) is 0 Å². The van der Waals surface area contributed by atoms with Gasteiger partial charge in [0.15, 0.2) is 6.61 Å². The molecule has 0 aliphatic rings. The number of carbonyl (C=O) groups excluding carboxylic acids is 1. The van der Waals surface area contributed by atoms with Crippen molar-refractivity contribution in [2.24, 2.45) is 0 Å². The number of carboxylic acids is 1. The SMILES string of the molecule is O=C(O)COC(=O)CO.[NaH].[NaH]. The first-order chi connectivity index (χ1) is 4.16. The number of carbonyl (C=O) groups is 2. The summed E-state index contributed by atoms with van der Waals surface area (Å²) in [6.45, 7) is -1.48. The summed E-state index contributed by atoms with van der Waals surface area (Å²) < 4.78 is 3.96. The number of aliphatic hydroxyl groups excluding tert-OH is 1. The third kappa shape index (κ3) is 13.8. The summed E-state index contributed by atoms with van der Waals surface area (Å²) in [5, 5.41) is 15.9. The molecule has 0 heterocycles. The van der Waals surface area contributed by atoms with E-state index < -0.39 is 25.2 Å². The molecule has 0 aromatic rings. The van der Waals surface area contributed by atoms with Gasteiger partial charge in [-0.05, 0) is 0 Å². The van der Waals surface area contributed by atoms with Crippen molar-refractivity contribution in [1.82, 2.24) is 0 Å². The van der Waals surface area contributed by atoms with E-state index >= 15 is 0 Å². The summed E-state index contributed by atoms with van der Waals surface area (Å²) in [4.78, 5) is 19.6. The summed E-state index contributed by atoms with van der Waals surface area (Å²) >= 11 is 0. The van der Waals surface area contributed by atoms with Gasteiger partial charge in [0.1, 0.15) is 6.61 Å². The third-order valence-electron chi connectivity index (χ3n) is 0.486. The fraction of sp³-hybridized carbons (Fsp3) is 0.500. The molecular weight excluding hydrogens is 174 g/mol. The monoisotopic (exact) mass is 182 g/mol. The van der Waals surface area contributed by atoms with E-state index in [0.717, 1.165) is 0 Å². The van der Waals surface area contributed by atoms with Crippen molar-refractivity contribution in [3.05, 3.63) is 0 Å². The van der Waals surface area contributed by atoms with Crippen LogP contribution in [0.25, 0.3) is 0 Å². The van der Waals surface area contributed by atoms with E-state index in [1.54, 1.807) is 0 Å². The van der Waals surface area contributed by atoms with Gasteiger partial charge in [0, 0.05) is 0 Å². The van der Waals surface area contributed by atoms with E-state index in [2.05, 4.69) is 4.74 Å². The molecule has 0 saturated heterocycles. The second kappa shape index (κ2) is 10.9. The molecule has 0 aromatic carbocycles. The Balaban J connectivity index is -0.000000320. The average molecular weight is 182 g/mol. The van der Waals surface area contributed by atoms with Crippen molar-refractivity contribution in [2.75, 3.05) is 13.2 Å². The van der Waals surface area contributed by atoms with Gasteiger partial charge in [-0.2, -0.15) is 0 Å².